The van der Waals surface area contributed by atoms with Crippen LogP contribution in [0.1, 0.15) is 21.6 Å². The van der Waals surface area contributed by atoms with Crippen molar-refractivity contribution < 1.29 is 22.7 Å². The van der Waals surface area contributed by atoms with Crippen molar-refractivity contribution >= 4 is 11.4 Å². The van der Waals surface area contributed by atoms with E-state index >= 15 is 0 Å². The summed E-state index contributed by atoms with van der Waals surface area (Å²) in [6.45, 7) is 0.540. The van der Waals surface area contributed by atoms with Crippen molar-refractivity contribution in [2.45, 2.75) is 12.6 Å². The standard InChI is InChI=1S/C18H14F3N3O2/c1-26-16-5-4-12(14-9-15(18(19,20)21)23-24(14)16)10-2-3-13-11(8-10)6-7-22-17(13)25/h2-5,8-9H,6-7H2,1H3,(H,22,25). The molecule has 1 N–H and O–H groups in total. The van der Waals surface area contributed by atoms with Crippen molar-refractivity contribution in [1.29, 1.82) is 0 Å². The number of pyridine rings is 1. The van der Waals surface area contributed by atoms with Crippen molar-refractivity contribution in [1.82, 2.24) is 14.9 Å². The normalized spacial score (nSPS) is 14.2. The summed E-state index contributed by atoms with van der Waals surface area (Å²) in [6.07, 6.45) is -3.88. The van der Waals surface area contributed by atoms with Crippen LogP contribution in [0.15, 0.2) is 36.4 Å². The predicted molar refractivity (Wildman–Crippen MR) is 88.2 cm³/mol. The summed E-state index contributed by atoms with van der Waals surface area (Å²) in [5.74, 6) is 0.0676. The minimum absolute atomic E-state index is 0.138. The molecule has 134 valence electrons. The lowest BCUT2D eigenvalue weighted by Gasteiger charge is -2.17. The molecule has 0 atom stereocenters. The highest BCUT2D eigenvalue weighted by Crippen LogP contribution is 2.35. The lowest BCUT2D eigenvalue weighted by molar-refractivity contribution is -0.141. The third kappa shape index (κ3) is 2.58. The number of fused-ring (bicyclic) bond motifs is 2. The van der Waals surface area contributed by atoms with E-state index in [1.54, 1.807) is 24.3 Å². The van der Waals surface area contributed by atoms with Gasteiger partial charge in [0.25, 0.3) is 5.91 Å². The molecule has 0 unspecified atom stereocenters. The van der Waals surface area contributed by atoms with Crippen LogP contribution < -0.4 is 10.1 Å². The molecule has 0 spiro atoms. The number of hydrogen-bond acceptors (Lipinski definition) is 3. The molecule has 3 heterocycles. The highest BCUT2D eigenvalue weighted by molar-refractivity contribution is 5.97. The molecule has 2 aromatic heterocycles. The van der Waals surface area contributed by atoms with Crippen LogP contribution in [0.5, 0.6) is 5.88 Å². The highest BCUT2D eigenvalue weighted by Gasteiger charge is 2.35. The topological polar surface area (TPSA) is 55.6 Å². The van der Waals surface area contributed by atoms with Crippen LogP contribution in [-0.2, 0) is 12.6 Å². The fourth-order valence-corrected chi connectivity index (χ4v) is 3.18. The first-order chi connectivity index (χ1) is 12.4. The molecule has 0 radical (unpaired) electrons. The molecule has 5 nitrogen and oxygen atoms in total. The summed E-state index contributed by atoms with van der Waals surface area (Å²) >= 11 is 0. The van der Waals surface area contributed by atoms with Gasteiger partial charge in [0.2, 0.25) is 5.88 Å². The number of alkyl halides is 3. The van der Waals surface area contributed by atoms with Gasteiger partial charge in [-0.05, 0) is 35.7 Å². The van der Waals surface area contributed by atoms with Gasteiger partial charge < -0.3 is 10.1 Å². The van der Waals surface area contributed by atoms with E-state index in [0.717, 1.165) is 21.7 Å². The van der Waals surface area contributed by atoms with Crippen molar-refractivity contribution in [3.63, 3.8) is 0 Å². The van der Waals surface area contributed by atoms with Crippen molar-refractivity contribution in [3.05, 3.63) is 53.2 Å². The van der Waals surface area contributed by atoms with E-state index < -0.39 is 11.9 Å². The van der Waals surface area contributed by atoms with Gasteiger partial charge in [0.1, 0.15) is 0 Å². The second-order valence-corrected chi connectivity index (χ2v) is 5.99. The third-order valence-corrected chi connectivity index (χ3v) is 4.43. The zero-order valence-corrected chi connectivity index (χ0v) is 13.7. The molecule has 0 saturated heterocycles. The van der Waals surface area contributed by atoms with Crippen LogP contribution in [0.25, 0.3) is 16.6 Å². The Labute approximate surface area is 146 Å². The molecule has 0 aliphatic carbocycles. The van der Waals surface area contributed by atoms with E-state index in [-0.39, 0.29) is 17.3 Å². The maximum Gasteiger partial charge on any atom is 0.435 e. The van der Waals surface area contributed by atoms with Crippen molar-refractivity contribution in [3.8, 4) is 17.0 Å². The molecular formula is C18H14F3N3O2. The van der Waals surface area contributed by atoms with Gasteiger partial charge in [-0.2, -0.15) is 22.8 Å². The molecule has 4 rings (SSSR count). The second-order valence-electron chi connectivity index (χ2n) is 5.99. The third-order valence-electron chi connectivity index (χ3n) is 4.43. The number of ether oxygens (including phenoxy) is 1. The Balaban J connectivity index is 1.92. The molecule has 8 heteroatoms. The van der Waals surface area contributed by atoms with Gasteiger partial charge >= 0.3 is 6.18 Å². The SMILES string of the molecule is COc1ccc(-c2ccc3c(c2)CCNC3=O)c2cc(C(F)(F)F)nn12. The van der Waals surface area contributed by atoms with Gasteiger partial charge in [0, 0.05) is 23.7 Å². The summed E-state index contributed by atoms with van der Waals surface area (Å²) in [7, 11) is 1.38. The fourth-order valence-electron chi connectivity index (χ4n) is 3.18. The van der Waals surface area contributed by atoms with Crippen molar-refractivity contribution in [2.75, 3.05) is 13.7 Å². The minimum atomic E-state index is -4.55. The van der Waals surface area contributed by atoms with E-state index in [2.05, 4.69) is 10.4 Å². The summed E-state index contributed by atoms with van der Waals surface area (Å²) < 4.78 is 45.6. The molecule has 1 aliphatic rings. The molecule has 3 aromatic rings. The van der Waals surface area contributed by atoms with E-state index in [4.69, 9.17) is 4.74 Å². The number of rotatable bonds is 2. The minimum Gasteiger partial charge on any atom is -0.481 e. The van der Waals surface area contributed by atoms with E-state index in [1.807, 2.05) is 6.07 Å². The first kappa shape index (κ1) is 16.4. The number of carbonyl (C=O) groups is 1. The zero-order valence-electron chi connectivity index (χ0n) is 13.7. The average Bonchev–Trinajstić information content (AvgIpc) is 3.06. The molecule has 1 aliphatic heterocycles. The zero-order chi connectivity index (χ0) is 18.5. The number of halogens is 3. The molecule has 1 aromatic carbocycles. The summed E-state index contributed by atoms with van der Waals surface area (Å²) in [6, 6.07) is 9.54. The smallest absolute Gasteiger partial charge is 0.435 e. The Hall–Kier alpha value is -3.03. The maximum absolute atomic E-state index is 13.1. The first-order valence-electron chi connectivity index (χ1n) is 7.94. The summed E-state index contributed by atoms with van der Waals surface area (Å²) in [5.41, 5.74) is 2.07. The first-order valence-corrected chi connectivity index (χ1v) is 7.94. The van der Waals surface area contributed by atoms with Crippen LogP contribution >= 0.6 is 0 Å². The molecule has 26 heavy (non-hydrogen) atoms. The van der Waals surface area contributed by atoms with E-state index in [0.29, 0.717) is 24.1 Å². The Morgan fingerprint density at radius 2 is 1.92 bits per heavy atom. The molecule has 0 fully saturated rings. The number of benzene rings is 1. The maximum atomic E-state index is 13.1. The molecule has 0 bridgehead atoms. The fraction of sp³-hybridized carbons (Fsp3) is 0.222. The lowest BCUT2D eigenvalue weighted by atomic mass is 9.95. The molecular weight excluding hydrogens is 347 g/mol. The Bertz CT molecular complexity index is 1020. The summed E-state index contributed by atoms with van der Waals surface area (Å²) in [5, 5.41) is 6.41. The van der Waals surface area contributed by atoms with Crippen LogP contribution in [0.3, 0.4) is 0 Å². The number of methoxy groups -OCH3 is 1. The second kappa shape index (κ2) is 5.76. The predicted octanol–water partition coefficient (Wildman–Crippen LogP) is 3.31. The van der Waals surface area contributed by atoms with Crippen LogP contribution in [0.4, 0.5) is 13.2 Å². The number of carbonyl (C=O) groups excluding carboxylic acids is 1. The number of nitrogens with one attached hydrogen (secondary N) is 1. The average molecular weight is 361 g/mol. The molecule has 0 saturated carbocycles. The largest absolute Gasteiger partial charge is 0.481 e. The Kier molecular flexibility index (Phi) is 3.64. The van der Waals surface area contributed by atoms with E-state index in [1.165, 1.54) is 7.11 Å². The van der Waals surface area contributed by atoms with Crippen LogP contribution in [0, 0.1) is 0 Å². The monoisotopic (exact) mass is 361 g/mol. The van der Waals surface area contributed by atoms with E-state index in [9.17, 15) is 18.0 Å². The van der Waals surface area contributed by atoms with Gasteiger partial charge in [0.05, 0.1) is 12.6 Å². The number of amides is 1. The van der Waals surface area contributed by atoms with Crippen molar-refractivity contribution in [2.24, 2.45) is 0 Å². The van der Waals surface area contributed by atoms with Crippen LogP contribution in [-0.4, -0.2) is 29.2 Å². The van der Waals surface area contributed by atoms with Gasteiger partial charge in [-0.15, -0.1) is 0 Å². The quantitative estimate of drug-likeness (QED) is 0.762. The Morgan fingerprint density at radius 1 is 1.15 bits per heavy atom. The summed E-state index contributed by atoms with van der Waals surface area (Å²) in [4.78, 5) is 11.9. The number of aromatic nitrogens is 2. The van der Waals surface area contributed by atoms with Gasteiger partial charge in [-0.3, -0.25) is 4.79 Å². The lowest BCUT2D eigenvalue weighted by Crippen LogP contribution is -2.31. The number of nitrogens with zero attached hydrogens (tertiary/aromatic N) is 2. The Morgan fingerprint density at radius 3 is 2.65 bits per heavy atom. The van der Waals surface area contributed by atoms with Gasteiger partial charge in [-0.1, -0.05) is 12.1 Å². The highest BCUT2D eigenvalue weighted by atomic mass is 19.4. The molecule has 1 amide bonds. The van der Waals surface area contributed by atoms with Gasteiger partial charge in [0.15, 0.2) is 5.69 Å². The number of hydrogen-bond donors (Lipinski definition) is 1. The van der Waals surface area contributed by atoms with Gasteiger partial charge in [-0.25, -0.2) is 0 Å². The van der Waals surface area contributed by atoms with Crippen LogP contribution in [0.2, 0.25) is 0 Å².